The van der Waals surface area contributed by atoms with Crippen LogP contribution < -0.4 is 9.62 Å². The third kappa shape index (κ3) is 4.89. The molecule has 6 heteroatoms. The zero-order chi connectivity index (χ0) is 20.4. The molecule has 0 spiro atoms. The highest BCUT2D eigenvalue weighted by atomic mass is 32.2. The van der Waals surface area contributed by atoms with Crippen LogP contribution in [0, 0.1) is 27.7 Å². The van der Waals surface area contributed by atoms with Crippen LogP contribution in [-0.2, 0) is 14.8 Å². The Bertz CT molecular complexity index is 929. The van der Waals surface area contributed by atoms with Crippen molar-refractivity contribution in [3.63, 3.8) is 0 Å². The second-order valence-corrected chi connectivity index (χ2v) is 8.94. The Morgan fingerprint density at radius 1 is 1.04 bits per heavy atom. The molecule has 0 unspecified atom stereocenters. The Kier molecular flexibility index (Phi) is 6.31. The van der Waals surface area contributed by atoms with Crippen molar-refractivity contribution >= 4 is 27.3 Å². The summed E-state index contributed by atoms with van der Waals surface area (Å²) in [5, 5.41) is 2.95. The quantitative estimate of drug-likeness (QED) is 0.810. The maximum absolute atomic E-state index is 13.1. The van der Waals surface area contributed by atoms with Crippen molar-refractivity contribution in [3.05, 3.63) is 58.7 Å². The largest absolute Gasteiger partial charge is 0.324 e. The van der Waals surface area contributed by atoms with E-state index in [1.54, 1.807) is 18.2 Å². The SMILES string of the molecule is CC[C@@H](C(=O)Nc1c(C)cc(C)cc1C)N(c1cccc(C)c1)S(C)(=O)=O. The summed E-state index contributed by atoms with van der Waals surface area (Å²) in [6.45, 7) is 9.58. The van der Waals surface area contributed by atoms with Gasteiger partial charge in [-0.1, -0.05) is 36.8 Å². The minimum Gasteiger partial charge on any atom is -0.324 e. The fourth-order valence-corrected chi connectivity index (χ4v) is 4.61. The molecule has 1 N–H and O–H groups in total. The first-order chi connectivity index (χ1) is 12.5. The van der Waals surface area contributed by atoms with Crippen molar-refractivity contribution in [2.24, 2.45) is 0 Å². The second kappa shape index (κ2) is 8.13. The molecule has 1 atom stereocenters. The molecule has 0 radical (unpaired) electrons. The predicted molar refractivity (Wildman–Crippen MR) is 112 cm³/mol. The van der Waals surface area contributed by atoms with Crippen molar-refractivity contribution in [1.82, 2.24) is 0 Å². The summed E-state index contributed by atoms with van der Waals surface area (Å²) >= 11 is 0. The van der Waals surface area contributed by atoms with Gasteiger partial charge in [-0.2, -0.15) is 0 Å². The Balaban J connectivity index is 2.44. The van der Waals surface area contributed by atoms with E-state index in [0.29, 0.717) is 12.1 Å². The van der Waals surface area contributed by atoms with Crippen molar-refractivity contribution in [2.75, 3.05) is 15.9 Å². The number of hydrogen-bond donors (Lipinski definition) is 1. The fraction of sp³-hybridized carbons (Fsp3) is 0.381. The smallest absolute Gasteiger partial charge is 0.248 e. The van der Waals surface area contributed by atoms with Crippen LogP contribution in [0.15, 0.2) is 36.4 Å². The van der Waals surface area contributed by atoms with Gasteiger partial charge in [-0.25, -0.2) is 8.42 Å². The van der Waals surface area contributed by atoms with Crippen LogP contribution in [0.1, 0.15) is 35.6 Å². The number of sulfonamides is 1. The number of hydrogen-bond acceptors (Lipinski definition) is 3. The van der Waals surface area contributed by atoms with Crippen LogP contribution >= 0.6 is 0 Å². The van der Waals surface area contributed by atoms with Gasteiger partial charge in [0.1, 0.15) is 6.04 Å². The number of benzene rings is 2. The Labute approximate surface area is 162 Å². The number of rotatable bonds is 6. The minimum atomic E-state index is -3.64. The molecule has 27 heavy (non-hydrogen) atoms. The third-order valence-electron chi connectivity index (χ3n) is 4.51. The highest BCUT2D eigenvalue weighted by Gasteiger charge is 2.32. The van der Waals surface area contributed by atoms with Gasteiger partial charge in [0, 0.05) is 5.69 Å². The molecule has 0 fully saturated rings. The second-order valence-electron chi connectivity index (χ2n) is 7.08. The summed E-state index contributed by atoms with van der Waals surface area (Å²) in [5.41, 5.74) is 5.20. The molecule has 5 nitrogen and oxygen atoms in total. The van der Waals surface area contributed by atoms with E-state index >= 15 is 0 Å². The molecule has 0 saturated carbocycles. The van der Waals surface area contributed by atoms with Crippen LogP contribution in [-0.4, -0.2) is 26.6 Å². The van der Waals surface area contributed by atoms with Gasteiger partial charge >= 0.3 is 0 Å². The summed E-state index contributed by atoms with van der Waals surface area (Å²) in [7, 11) is -3.64. The van der Waals surface area contributed by atoms with Gasteiger partial charge in [0.2, 0.25) is 15.9 Å². The molecule has 146 valence electrons. The fourth-order valence-electron chi connectivity index (χ4n) is 3.41. The highest BCUT2D eigenvalue weighted by Crippen LogP contribution is 2.26. The number of nitrogens with zero attached hydrogens (tertiary/aromatic N) is 1. The molecule has 2 aromatic rings. The van der Waals surface area contributed by atoms with E-state index in [9.17, 15) is 13.2 Å². The summed E-state index contributed by atoms with van der Waals surface area (Å²) in [5.74, 6) is -0.334. The molecule has 0 saturated heterocycles. The summed E-state index contributed by atoms with van der Waals surface area (Å²) in [6, 6.07) is 10.3. The van der Waals surface area contributed by atoms with E-state index in [1.165, 1.54) is 4.31 Å². The van der Waals surface area contributed by atoms with Gasteiger partial charge in [0.05, 0.1) is 11.9 Å². The summed E-state index contributed by atoms with van der Waals surface area (Å²) in [6.07, 6.45) is 1.49. The number of carbonyl (C=O) groups excluding carboxylic acids is 1. The molecular formula is C21H28N2O3S. The zero-order valence-electron chi connectivity index (χ0n) is 16.8. The number of nitrogens with one attached hydrogen (secondary N) is 1. The van der Waals surface area contributed by atoms with Crippen LogP contribution in [0.4, 0.5) is 11.4 Å². The van der Waals surface area contributed by atoms with Gasteiger partial charge in [-0.15, -0.1) is 0 Å². The first kappa shape index (κ1) is 21.0. The third-order valence-corrected chi connectivity index (χ3v) is 5.69. The number of carbonyl (C=O) groups is 1. The molecule has 2 aromatic carbocycles. The molecule has 0 aliphatic heterocycles. The number of amides is 1. The van der Waals surface area contributed by atoms with Gasteiger partial charge in [-0.3, -0.25) is 9.10 Å². The monoisotopic (exact) mass is 388 g/mol. The lowest BCUT2D eigenvalue weighted by Crippen LogP contribution is -2.47. The van der Waals surface area contributed by atoms with E-state index in [4.69, 9.17) is 0 Å². The van der Waals surface area contributed by atoms with Crippen molar-refractivity contribution in [2.45, 2.75) is 47.1 Å². The van der Waals surface area contributed by atoms with Crippen LogP contribution in [0.25, 0.3) is 0 Å². The molecule has 0 aliphatic rings. The van der Waals surface area contributed by atoms with Crippen molar-refractivity contribution < 1.29 is 13.2 Å². The molecular weight excluding hydrogens is 360 g/mol. The molecule has 1 amide bonds. The zero-order valence-corrected chi connectivity index (χ0v) is 17.6. The first-order valence-corrected chi connectivity index (χ1v) is 10.8. The van der Waals surface area contributed by atoms with Gasteiger partial charge in [0.15, 0.2) is 0 Å². The van der Waals surface area contributed by atoms with Crippen LogP contribution in [0.5, 0.6) is 0 Å². The van der Waals surface area contributed by atoms with Gasteiger partial charge < -0.3 is 5.32 Å². The standard InChI is InChI=1S/C21H28N2O3S/c1-7-19(21(24)22-20-16(4)11-15(3)12-17(20)5)23(27(6,25)26)18-10-8-9-14(2)13-18/h8-13,19H,7H2,1-6H3,(H,22,24)/t19-/m0/s1. The Morgan fingerprint density at radius 2 is 1.63 bits per heavy atom. The molecule has 0 aromatic heterocycles. The van der Waals surface area contributed by atoms with E-state index in [0.717, 1.165) is 34.2 Å². The van der Waals surface area contributed by atoms with Gasteiger partial charge in [0.25, 0.3) is 0 Å². The summed E-state index contributed by atoms with van der Waals surface area (Å²) in [4.78, 5) is 13.1. The normalized spacial score (nSPS) is 12.5. The van der Waals surface area contributed by atoms with Crippen molar-refractivity contribution in [3.8, 4) is 0 Å². The van der Waals surface area contributed by atoms with E-state index in [-0.39, 0.29) is 5.91 Å². The Hall–Kier alpha value is -2.34. The lowest BCUT2D eigenvalue weighted by molar-refractivity contribution is -0.117. The Morgan fingerprint density at radius 3 is 2.11 bits per heavy atom. The topological polar surface area (TPSA) is 66.5 Å². The van der Waals surface area contributed by atoms with E-state index < -0.39 is 16.1 Å². The number of aryl methyl sites for hydroxylation is 4. The van der Waals surface area contributed by atoms with Crippen LogP contribution in [0.3, 0.4) is 0 Å². The first-order valence-electron chi connectivity index (χ1n) is 8.99. The average Bonchev–Trinajstić information content (AvgIpc) is 2.54. The minimum absolute atomic E-state index is 0.334. The van der Waals surface area contributed by atoms with E-state index in [2.05, 4.69) is 5.32 Å². The maximum Gasteiger partial charge on any atom is 0.248 e. The molecule has 2 rings (SSSR count). The van der Waals surface area contributed by atoms with Crippen molar-refractivity contribution in [1.29, 1.82) is 0 Å². The highest BCUT2D eigenvalue weighted by molar-refractivity contribution is 7.92. The molecule has 0 aliphatic carbocycles. The van der Waals surface area contributed by atoms with E-state index in [1.807, 2.05) is 52.8 Å². The van der Waals surface area contributed by atoms with Gasteiger partial charge in [-0.05, 0) is 62.9 Å². The number of anilines is 2. The van der Waals surface area contributed by atoms with Crippen LogP contribution in [0.2, 0.25) is 0 Å². The molecule has 0 bridgehead atoms. The average molecular weight is 389 g/mol. The molecule has 0 heterocycles. The lowest BCUT2D eigenvalue weighted by Gasteiger charge is -2.30. The summed E-state index contributed by atoms with van der Waals surface area (Å²) < 4.78 is 26.3. The lowest BCUT2D eigenvalue weighted by atomic mass is 10.0. The maximum atomic E-state index is 13.1. The predicted octanol–water partition coefficient (Wildman–Crippen LogP) is 4.10.